The van der Waals surface area contributed by atoms with Crippen molar-refractivity contribution in [3.8, 4) is 17.2 Å². The van der Waals surface area contributed by atoms with Crippen molar-refractivity contribution in [3.63, 3.8) is 0 Å². The van der Waals surface area contributed by atoms with Gasteiger partial charge in [-0.25, -0.2) is 0 Å². The largest absolute Gasteiger partial charge is 0.493 e. The Morgan fingerprint density at radius 1 is 0.900 bits per heavy atom. The number of rotatable bonds is 9. The van der Waals surface area contributed by atoms with Crippen LogP contribution in [-0.2, 0) is 13.2 Å². The summed E-state index contributed by atoms with van der Waals surface area (Å²) in [5.74, 6) is 2.02. The molecule has 0 spiro atoms. The van der Waals surface area contributed by atoms with Crippen LogP contribution < -0.4 is 19.6 Å². The van der Waals surface area contributed by atoms with Crippen molar-refractivity contribution < 1.29 is 14.2 Å². The summed E-state index contributed by atoms with van der Waals surface area (Å²) in [6.45, 7) is 0.869. The quantitative estimate of drug-likeness (QED) is 0.339. The summed E-state index contributed by atoms with van der Waals surface area (Å²) < 4.78 is 16.5. The second-order valence-corrected chi connectivity index (χ2v) is 7.19. The van der Waals surface area contributed by atoms with Crippen molar-refractivity contribution in [3.05, 3.63) is 87.4 Å². The van der Waals surface area contributed by atoms with Crippen LogP contribution >= 0.6 is 23.2 Å². The maximum absolute atomic E-state index is 6.20. The fourth-order valence-electron chi connectivity index (χ4n) is 2.77. The molecule has 3 rings (SSSR count). The number of hydrazone groups is 1. The second-order valence-electron chi connectivity index (χ2n) is 6.34. The summed E-state index contributed by atoms with van der Waals surface area (Å²) in [6.07, 6.45) is 1.68. The second kappa shape index (κ2) is 10.8. The first-order chi connectivity index (χ1) is 14.6. The highest BCUT2D eigenvalue weighted by atomic mass is 35.5. The van der Waals surface area contributed by atoms with Gasteiger partial charge < -0.3 is 19.6 Å². The van der Waals surface area contributed by atoms with Crippen LogP contribution in [0.4, 0.5) is 0 Å². The molecule has 0 amide bonds. The molecule has 3 aromatic rings. The average Bonchev–Trinajstić information content (AvgIpc) is 2.77. The highest BCUT2D eigenvalue weighted by Crippen LogP contribution is 2.27. The molecule has 0 atom stereocenters. The minimum Gasteiger partial charge on any atom is -0.493 e. The van der Waals surface area contributed by atoms with E-state index >= 15 is 0 Å². The van der Waals surface area contributed by atoms with Crippen molar-refractivity contribution in [2.45, 2.75) is 13.2 Å². The van der Waals surface area contributed by atoms with Crippen LogP contribution in [0.2, 0.25) is 10.0 Å². The highest BCUT2D eigenvalue weighted by Gasteiger charge is 2.06. The first-order valence-corrected chi connectivity index (χ1v) is 9.99. The summed E-state index contributed by atoms with van der Waals surface area (Å²) in [5, 5.41) is 5.56. The first-order valence-electron chi connectivity index (χ1n) is 9.23. The summed E-state index contributed by atoms with van der Waals surface area (Å²) in [5.41, 5.74) is 5.69. The Bertz CT molecular complexity index is 1030. The Morgan fingerprint density at radius 3 is 2.43 bits per heavy atom. The third-order valence-electron chi connectivity index (χ3n) is 4.34. The molecular formula is C23H22Cl2N2O3. The van der Waals surface area contributed by atoms with Crippen LogP contribution in [0.3, 0.4) is 0 Å². The standard InChI is InChI=1S/C23H22Cl2N2O3/c1-28-22-9-7-16(11-23(22)29-2)13-26-27-14-18-12-19(24)8-10-21(18)30-15-17-5-3-4-6-20(17)25/h3-12,14,26H,13,15H2,1-2H3/b27-14+. The summed E-state index contributed by atoms with van der Waals surface area (Å²) in [6, 6.07) is 18.7. The van der Waals surface area contributed by atoms with E-state index in [1.807, 2.05) is 48.5 Å². The molecule has 5 nitrogen and oxygen atoms in total. The molecule has 0 bridgehead atoms. The van der Waals surface area contributed by atoms with Gasteiger partial charge in [0.05, 0.1) is 27.0 Å². The summed E-state index contributed by atoms with van der Waals surface area (Å²) >= 11 is 12.3. The molecule has 7 heteroatoms. The van der Waals surface area contributed by atoms with E-state index < -0.39 is 0 Å². The minimum absolute atomic E-state index is 0.348. The van der Waals surface area contributed by atoms with Crippen LogP contribution in [0.25, 0.3) is 0 Å². The van der Waals surface area contributed by atoms with Crippen molar-refractivity contribution in [2.24, 2.45) is 5.10 Å². The van der Waals surface area contributed by atoms with Gasteiger partial charge in [-0.05, 0) is 42.0 Å². The molecule has 0 fully saturated rings. The van der Waals surface area contributed by atoms with Gasteiger partial charge in [-0.1, -0.05) is 47.5 Å². The van der Waals surface area contributed by atoms with Crippen LogP contribution in [0.15, 0.2) is 65.8 Å². The minimum atomic E-state index is 0.348. The number of nitrogens with zero attached hydrogens (tertiary/aromatic N) is 1. The molecule has 1 N–H and O–H groups in total. The fourth-order valence-corrected chi connectivity index (χ4v) is 3.14. The topological polar surface area (TPSA) is 52.1 Å². The lowest BCUT2D eigenvalue weighted by atomic mass is 10.2. The van der Waals surface area contributed by atoms with E-state index in [2.05, 4.69) is 10.5 Å². The Kier molecular flexibility index (Phi) is 7.82. The van der Waals surface area contributed by atoms with E-state index in [1.165, 1.54) is 0 Å². The third-order valence-corrected chi connectivity index (χ3v) is 4.94. The molecule has 0 saturated heterocycles. The number of nitrogens with one attached hydrogen (secondary N) is 1. The van der Waals surface area contributed by atoms with Crippen molar-refractivity contribution in [1.29, 1.82) is 0 Å². The summed E-state index contributed by atoms with van der Waals surface area (Å²) in [4.78, 5) is 0. The van der Waals surface area contributed by atoms with E-state index in [4.69, 9.17) is 37.4 Å². The maximum atomic E-state index is 6.20. The maximum Gasteiger partial charge on any atom is 0.161 e. The lowest BCUT2D eigenvalue weighted by Gasteiger charge is -2.11. The molecule has 156 valence electrons. The number of benzene rings is 3. The lowest BCUT2D eigenvalue weighted by molar-refractivity contribution is 0.306. The zero-order valence-corrected chi connectivity index (χ0v) is 18.2. The van der Waals surface area contributed by atoms with Crippen molar-refractivity contribution in [1.82, 2.24) is 5.43 Å². The van der Waals surface area contributed by atoms with E-state index in [9.17, 15) is 0 Å². The molecule has 0 aromatic heterocycles. The molecule has 0 aliphatic heterocycles. The Morgan fingerprint density at radius 2 is 1.67 bits per heavy atom. The van der Waals surface area contributed by atoms with Crippen LogP contribution in [0, 0.1) is 0 Å². The molecule has 30 heavy (non-hydrogen) atoms. The van der Waals surface area contributed by atoms with E-state index in [1.54, 1.807) is 32.6 Å². The number of hydrogen-bond donors (Lipinski definition) is 1. The Labute approximate surface area is 186 Å². The summed E-state index contributed by atoms with van der Waals surface area (Å²) in [7, 11) is 3.22. The van der Waals surface area contributed by atoms with Crippen LogP contribution in [-0.4, -0.2) is 20.4 Å². The SMILES string of the molecule is COc1ccc(CN/N=C/c2cc(Cl)ccc2OCc2ccccc2Cl)cc1OC. The van der Waals surface area contributed by atoms with Gasteiger partial charge in [0.2, 0.25) is 0 Å². The van der Waals surface area contributed by atoms with E-state index in [-0.39, 0.29) is 0 Å². The van der Waals surface area contributed by atoms with Gasteiger partial charge >= 0.3 is 0 Å². The predicted octanol–water partition coefficient (Wildman–Crippen LogP) is 5.71. The van der Waals surface area contributed by atoms with Gasteiger partial charge in [0.1, 0.15) is 12.4 Å². The normalized spacial score (nSPS) is 10.8. The van der Waals surface area contributed by atoms with Gasteiger partial charge in [-0.3, -0.25) is 0 Å². The first kappa shape index (κ1) is 21.8. The number of hydrogen-bond acceptors (Lipinski definition) is 5. The molecule has 0 radical (unpaired) electrons. The number of methoxy groups -OCH3 is 2. The molecule has 0 aliphatic carbocycles. The molecule has 0 unspecified atom stereocenters. The number of halogens is 2. The van der Waals surface area contributed by atoms with Gasteiger partial charge in [0.15, 0.2) is 11.5 Å². The highest BCUT2D eigenvalue weighted by molar-refractivity contribution is 6.31. The van der Waals surface area contributed by atoms with E-state index in [0.29, 0.717) is 40.4 Å². The van der Waals surface area contributed by atoms with Gasteiger partial charge in [0, 0.05) is 21.2 Å². The monoisotopic (exact) mass is 444 g/mol. The van der Waals surface area contributed by atoms with Crippen molar-refractivity contribution in [2.75, 3.05) is 14.2 Å². The zero-order chi connectivity index (χ0) is 21.3. The van der Waals surface area contributed by atoms with Crippen LogP contribution in [0.1, 0.15) is 16.7 Å². The Balaban J connectivity index is 1.65. The number of ether oxygens (including phenoxy) is 3. The predicted molar refractivity (Wildman–Crippen MR) is 121 cm³/mol. The average molecular weight is 445 g/mol. The lowest BCUT2D eigenvalue weighted by Crippen LogP contribution is -2.06. The van der Waals surface area contributed by atoms with E-state index in [0.717, 1.165) is 16.7 Å². The van der Waals surface area contributed by atoms with Crippen LogP contribution in [0.5, 0.6) is 17.2 Å². The molecule has 0 aliphatic rings. The fraction of sp³-hybridized carbons (Fsp3) is 0.174. The molecular weight excluding hydrogens is 423 g/mol. The zero-order valence-electron chi connectivity index (χ0n) is 16.7. The third kappa shape index (κ3) is 5.81. The van der Waals surface area contributed by atoms with Gasteiger partial charge in [0.25, 0.3) is 0 Å². The van der Waals surface area contributed by atoms with Gasteiger partial charge in [-0.15, -0.1) is 0 Å². The van der Waals surface area contributed by atoms with Gasteiger partial charge in [-0.2, -0.15) is 5.10 Å². The Hall–Kier alpha value is -2.89. The van der Waals surface area contributed by atoms with Crippen molar-refractivity contribution >= 4 is 29.4 Å². The molecule has 0 heterocycles. The molecule has 0 saturated carbocycles. The smallest absolute Gasteiger partial charge is 0.161 e. The molecule has 3 aromatic carbocycles.